The van der Waals surface area contributed by atoms with Crippen LogP contribution in [0.4, 0.5) is 0 Å². The first kappa shape index (κ1) is 7.76. The Morgan fingerprint density at radius 2 is 2.42 bits per heavy atom. The van der Waals surface area contributed by atoms with Crippen molar-refractivity contribution < 1.29 is 4.84 Å². The Morgan fingerprint density at radius 3 is 3.00 bits per heavy atom. The molecule has 2 heterocycles. The van der Waals surface area contributed by atoms with Crippen LogP contribution in [-0.4, -0.2) is 4.98 Å². The molecule has 4 heteroatoms. The number of pyridine rings is 1. The molecular formula is C8H7BrN2O. The molecular weight excluding hydrogens is 220 g/mol. The molecule has 0 radical (unpaired) electrons. The minimum atomic E-state index is -0.0828. The Balaban J connectivity index is 2.22. The van der Waals surface area contributed by atoms with E-state index < -0.39 is 0 Å². The quantitative estimate of drug-likeness (QED) is 0.744. The predicted molar refractivity (Wildman–Crippen MR) is 48.2 cm³/mol. The Hall–Kier alpha value is -0.870. The van der Waals surface area contributed by atoms with Crippen LogP contribution in [0.25, 0.3) is 0 Å². The Morgan fingerprint density at radius 1 is 1.50 bits per heavy atom. The first-order valence-electron chi connectivity index (χ1n) is 3.56. The molecule has 0 aliphatic carbocycles. The fourth-order valence-electron chi connectivity index (χ4n) is 1.01. The number of rotatable bonds is 1. The van der Waals surface area contributed by atoms with Crippen LogP contribution in [-0.2, 0) is 4.84 Å². The zero-order valence-corrected chi connectivity index (χ0v) is 7.78. The molecule has 0 aromatic carbocycles. The van der Waals surface area contributed by atoms with E-state index >= 15 is 0 Å². The highest BCUT2D eigenvalue weighted by atomic mass is 79.9. The SMILES string of the molecule is BrC1=C[C@H](c2ccccn2)ON1. The van der Waals surface area contributed by atoms with Crippen LogP contribution >= 0.6 is 15.9 Å². The van der Waals surface area contributed by atoms with Crippen molar-refractivity contribution in [1.29, 1.82) is 0 Å². The number of aromatic nitrogens is 1. The predicted octanol–water partition coefficient (Wildman–Crippen LogP) is 1.89. The summed E-state index contributed by atoms with van der Waals surface area (Å²) in [5.74, 6) is 0. The molecule has 2 rings (SSSR count). The number of hydrogen-bond donors (Lipinski definition) is 1. The van der Waals surface area contributed by atoms with E-state index in [9.17, 15) is 0 Å². The number of nitrogens with one attached hydrogen (secondary N) is 1. The van der Waals surface area contributed by atoms with E-state index in [1.807, 2.05) is 24.3 Å². The lowest BCUT2D eigenvalue weighted by Gasteiger charge is -2.04. The molecule has 1 aromatic rings. The van der Waals surface area contributed by atoms with Gasteiger partial charge in [0.1, 0.15) is 10.7 Å². The topological polar surface area (TPSA) is 34.1 Å². The average molecular weight is 227 g/mol. The number of nitrogens with zero attached hydrogens (tertiary/aromatic N) is 1. The van der Waals surface area contributed by atoms with Gasteiger partial charge in [0.05, 0.1) is 5.69 Å². The maximum absolute atomic E-state index is 5.20. The molecule has 1 aromatic heterocycles. The third-order valence-corrected chi connectivity index (χ3v) is 1.99. The maximum atomic E-state index is 5.20. The molecule has 0 amide bonds. The first-order chi connectivity index (χ1) is 5.86. The molecule has 0 spiro atoms. The van der Waals surface area contributed by atoms with Gasteiger partial charge in [-0.1, -0.05) is 6.07 Å². The number of halogens is 1. The first-order valence-corrected chi connectivity index (χ1v) is 4.35. The summed E-state index contributed by atoms with van der Waals surface area (Å²) in [7, 11) is 0. The van der Waals surface area contributed by atoms with Gasteiger partial charge >= 0.3 is 0 Å². The standard InChI is InChI=1S/C8H7BrN2O/c9-8-5-7(12-11-8)6-3-1-2-4-10-6/h1-5,7,11H/t7-/m1/s1. The van der Waals surface area contributed by atoms with Crippen molar-refractivity contribution in [2.75, 3.05) is 0 Å². The summed E-state index contributed by atoms with van der Waals surface area (Å²) in [5, 5.41) is 0. The van der Waals surface area contributed by atoms with Crippen LogP contribution in [0.5, 0.6) is 0 Å². The zero-order chi connectivity index (χ0) is 8.39. The molecule has 1 N–H and O–H groups in total. The van der Waals surface area contributed by atoms with E-state index in [0.29, 0.717) is 0 Å². The lowest BCUT2D eigenvalue weighted by molar-refractivity contribution is 0.0434. The van der Waals surface area contributed by atoms with Crippen molar-refractivity contribution in [2.45, 2.75) is 6.10 Å². The van der Waals surface area contributed by atoms with Gasteiger partial charge in [-0.05, 0) is 34.1 Å². The second-order valence-electron chi connectivity index (χ2n) is 2.41. The highest BCUT2D eigenvalue weighted by Gasteiger charge is 2.16. The van der Waals surface area contributed by atoms with Crippen molar-refractivity contribution in [3.8, 4) is 0 Å². The molecule has 12 heavy (non-hydrogen) atoms. The molecule has 0 unspecified atom stereocenters. The van der Waals surface area contributed by atoms with E-state index in [0.717, 1.165) is 10.3 Å². The van der Waals surface area contributed by atoms with E-state index in [2.05, 4.69) is 26.4 Å². The van der Waals surface area contributed by atoms with E-state index in [-0.39, 0.29) is 6.10 Å². The normalized spacial score (nSPS) is 21.8. The van der Waals surface area contributed by atoms with E-state index in [4.69, 9.17) is 4.84 Å². The van der Waals surface area contributed by atoms with Crippen LogP contribution in [0, 0.1) is 0 Å². The number of hydrogen-bond acceptors (Lipinski definition) is 3. The minimum absolute atomic E-state index is 0.0828. The smallest absolute Gasteiger partial charge is 0.148 e. The third-order valence-electron chi connectivity index (χ3n) is 1.56. The summed E-state index contributed by atoms with van der Waals surface area (Å²) < 4.78 is 0.846. The van der Waals surface area contributed by atoms with Gasteiger partial charge in [0.2, 0.25) is 0 Å². The third kappa shape index (κ3) is 1.49. The van der Waals surface area contributed by atoms with Crippen LogP contribution in [0.3, 0.4) is 0 Å². The Bertz CT molecular complexity index is 299. The Labute approximate surface area is 78.5 Å². The van der Waals surface area contributed by atoms with Crippen LogP contribution < -0.4 is 5.48 Å². The van der Waals surface area contributed by atoms with Gasteiger partial charge in [-0.15, -0.1) is 0 Å². The van der Waals surface area contributed by atoms with Gasteiger partial charge in [-0.25, -0.2) is 0 Å². The lowest BCUT2D eigenvalue weighted by atomic mass is 10.2. The molecule has 1 aliphatic rings. The van der Waals surface area contributed by atoms with Crippen molar-refractivity contribution in [1.82, 2.24) is 10.5 Å². The van der Waals surface area contributed by atoms with Crippen LogP contribution in [0.15, 0.2) is 35.1 Å². The molecule has 1 atom stereocenters. The van der Waals surface area contributed by atoms with Crippen molar-refractivity contribution >= 4 is 15.9 Å². The summed E-state index contributed by atoms with van der Waals surface area (Å²) >= 11 is 3.27. The monoisotopic (exact) mass is 226 g/mol. The van der Waals surface area contributed by atoms with Crippen molar-refractivity contribution in [3.05, 3.63) is 40.8 Å². The summed E-state index contributed by atoms with van der Waals surface area (Å²) in [5.41, 5.74) is 3.61. The second kappa shape index (κ2) is 3.25. The molecule has 62 valence electrons. The summed E-state index contributed by atoms with van der Waals surface area (Å²) in [6.07, 6.45) is 3.58. The van der Waals surface area contributed by atoms with E-state index in [1.165, 1.54) is 0 Å². The zero-order valence-electron chi connectivity index (χ0n) is 6.20. The van der Waals surface area contributed by atoms with Crippen molar-refractivity contribution in [3.63, 3.8) is 0 Å². The average Bonchev–Trinajstić information content (AvgIpc) is 2.54. The van der Waals surface area contributed by atoms with Crippen LogP contribution in [0.2, 0.25) is 0 Å². The molecule has 0 fully saturated rings. The fourth-order valence-corrected chi connectivity index (χ4v) is 1.34. The van der Waals surface area contributed by atoms with Gasteiger partial charge in [-0.2, -0.15) is 0 Å². The van der Waals surface area contributed by atoms with Crippen LogP contribution in [0.1, 0.15) is 11.8 Å². The summed E-state index contributed by atoms with van der Waals surface area (Å²) in [6, 6.07) is 5.74. The van der Waals surface area contributed by atoms with Crippen molar-refractivity contribution in [2.24, 2.45) is 0 Å². The van der Waals surface area contributed by atoms with Gasteiger partial charge in [-0.3, -0.25) is 15.3 Å². The molecule has 0 saturated carbocycles. The number of hydroxylamine groups is 1. The molecule has 0 bridgehead atoms. The summed E-state index contributed by atoms with van der Waals surface area (Å²) in [4.78, 5) is 9.36. The molecule has 0 saturated heterocycles. The van der Waals surface area contributed by atoms with Gasteiger partial charge in [0.15, 0.2) is 0 Å². The fraction of sp³-hybridized carbons (Fsp3) is 0.125. The largest absolute Gasteiger partial charge is 0.262 e. The van der Waals surface area contributed by atoms with E-state index in [1.54, 1.807) is 6.20 Å². The Kier molecular flexibility index (Phi) is 2.10. The summed E-state index contributed by atoms with van der Waals surface area (Å²) in [6.45, 7) is 0. The highest BCUT2D eigenvalue weighted by Crippen LogP contribution is 2.23. The van der Waals surface area contributed by atoms with Gasteiger partial charge in [0, 0.05) is 6.20 Å². The molecule has 1 aliphatic heterocycles. The highest BCUT2D eigenvalue weighted by molar-refractivity contribution is 9.11. The second-order valence-corrected chi connectivity index (χ2v) is 3.26. The lowest BCUT2D eigenvalue weighted by Crippen LogP contribution is -2.06. The van der Waals surface area contributed by atoms with Gasteiger partial charge < -0.3 is 0 Å². The molecule has 3 nitrogen and oxygen atoms in total. The maximum Gasteiger partial charge on any atom is 0.148 e. The van der Waals surface area contributed by atoms with Gasteiger partial charge in [0.25, 0.3) is 0 Å². The minimum Gasteiger partial charge on any atom is -0.262 e.